The smallest absolute Gasteiger partial charge is 0.161 e. The Morgan fingerprint density at radius 2 is 1.90 bits per heavy atom. The average molecular weight is 293 g/mol. The molecular formula is C17H27NO3. The topological polar surface area (TPSA) is 41.9 Å². The van der Waals surface area contributed by atoms with E-state index in [0.29, 0.717) is 12.5 Å². The first-order chi connectivity index (χ1) is 10.3. The van der Waals surface area contributed by atoms with E-state index >= 15 is 0 Å². The number of rotatable bonds is 7. The Labute approximate surface area is 127 Å². The second kappa shape index (κ2) is 8.25. The van der Waals surface area contributed by atoms with Gasteiger partial charge in [-0.05, 0) is 50.5 Å². The van der Waals surface area contributed by atoms with E-state index in [0.717, 1.165) is 44.0 Å². The van der Waals surface area contributed by atoms with Crippen LogP contribution in [0.2, 0.25) is 0 Å². The highest BCUT2D eigenvalue weighted by Gasteiger charge is 2.26. The highest BCUT2D eigenvalue weighted by atomic mass is 16.5. The van der Waals surface area contributed by atoms with Crippen molar-refractivity contribution in [2.24, 2.45) is 11.8 Å². The van der Waals surface area contributed by atoms with Gasteiger partial charge in [-0.3, -0.25) is 0 Å². The van der Waals surface area contributed by atoms with Gasteiger partial charge in [-0.25, -0.2) is 0 Å². The Balaban J connectivity index is 1.88. The van der Waals surface area contributed by atoms with Crippen LogP contribution in [0.15, 0.2) is 24.3 Å². The molecule has 0 radical (unpaired) electrons. The van der Waals surface area contributed by atoms with Gasteiger partial charge in [0.1, 0.15) is 0 Å². The number of ether oxygens (including phenoxy) is 2. The molecule has 0 bridgehead atoms. The molecular weight excluding hydrogens is 266 g/mol. The van der Waals surface area contributed by atoms with Gasteiger partial charge in [-0.15, -0.1) is 0 Å². The maximum Gasteiger partial charge on any atom is 0.161 e. The molecule has 1 aromatic carbocycles. The lowest BCUT2D eigenvalue weighted by atomic mass is 9.85. The van der Waals surface area contributed by atoms with Gasteiger partial charge in [-0.2, -0.15) is 0 Å². The molecule has 4 nitrogen and oxygen atoms in total. The van der Waals surface area contributed by atoms with Crippen LogP contribution in [0.5, 0.6) is 11.5 Å². The normalized spacial score (nSPS) is 18.4. The maximum absolute atomic E-state index is 9.68. The minimum atomic E-state index is 0.186. The van der Waals surface area contributed by atoms with Crippen molar-refractivity contribution in [2.75, 3.05) is 40.0 Å². The minimum Gasteiger partial charge on any atom is -0.493 e. The van der Waals surface area contributed by atoms with Crippen molar-refractivity contribution in [3.8, 4) is 11.5 Å². The number of likely N-dealkylation sites (tertiary alicyclic amines) is 1. The van der Waals surface area contributed by atoms with E-state index in [-0.39, 0.29) is 12.5 Å². The predicted octanol–water partition coefficient (Wildman–Crippen LogP) is 2.41. The number of piperidine rings is 1. The van der Waals surface area contributed by atoms with Gasteiger partial charge in [0.05, 0.1) is 13.7 Å². The Hall–Kier alpha value is -1.26. The first kappa shape index (κ1) is 16.1. The van der Waals surface area contributed by atoms with E-state index in [1.807, 2.05) is 24.3 Å². The van der Waals surface area contributed by atoms with Crippen molar-refractivity contribution in [1.82, 2.24) is 4.90 Å². The first-order valence-corrected chi connectivity index (χ1v) is 7.87. The molecule has 1 fully saturated rings. The third-order valence-corrected chi connectivity index (χ3v) is 4.50. The van der Waals surface area contributed by atoms with Gasteiger partial charge < -0.3 is 19.5 Å². The Morgan fingerprint density at radius 1 is 1.24 bits per heavy atom. The number of aliphatic hydroxyl groups is 1. The van der Waals surface area contributed by atoms with E-state index < -0.39 is 0 Å². The zero-order chi connectivity index (χ0) is 15.1. The predicted molar refractivity (Wildman–Crippen MR) is 83.9 cm³/mol. The van der Waals surface area contributed by atoms with E-state index in [1.54, 1.807) is 7.11 Å². The second-order valence-electron chi connectivity index (χ2n) is 5.68. The van der Waals surface area contributed by atoms with Crippen LogP contribution in [0.1, 0.15) is 19.8 Å². The fourth-order valence-corrected chi connectivity index (χ4v) is 3.01. The Bertz CT molecular complexity index is 416. The molecule has 1 aliphatic heterocycles. The number of aliphatic hydroxyl groups excluding tert-OH is 1. The monoisotopic (exact) mass is 293 g/mol. The maximum atomic E-state index is 9.68. The first-order valence-electron chi connectivity index (χ1n) is 7.87. The van der Waals surface area contributed by atoms with Crippen molar-refractivity contribution in [1.29, 1.82) is 0 Å². The van der Waals surface area contributed by atoms with Crippen LogP contribution in [0.3, 0.4) is 0 Å². The number of methoxy groups -OCH3 is 1. The van der Waals surface area contributed by atoms with E-state index in [4.69, 9.17) is 9.47 Å². The molecule has 0 aliphatic carbocycles. The minimum absolute atomic E-state index is 0.186. The summed E-state index contributed by atoms with van der Waals surface area (Å²) in [6.07, 6.45) is 2.29. The van der Waals surface area contributed by atoms with Gasteiger partial charge in [0.25, 0.3) is 0 Å². The Kier molecular flexibility index (Phi) is 6.33. The molecule has 118 valence electrons. The van der Waals surface area contributed by atoms with Crippen molar-refractivity contribution in [2.45, 2.75) is 19.8 Å². The number of benzene rings is 1. The van der Waals surface area contributed by atoms with Crippen molar-refractivity contribution >= 4 is 0 Å². The van der Waals surface area contributed by atoms with Crippen LogP contribution in [-0.4, -0.2) is 50.0 Å². The summed E-state index contributed by atoms with van der Waals surface area (Å²) in [6.45, 7) is 6.32. The molecule has 1 unspecified atom stereocenters. The summed E-state index contributed by atoms with van der Waals surface area (Å²) in [6, 6.07) is 7.66. The van der Waals surface area contributed by atoms with Gasteiger partial charge in [-0.1, -0.05) is 19.1 Å². The molecule has 1 aromatic rings. The second-order valence-corrected chi connectivity index (χ2v) is 5.68. The fraction of sp³-hybridized carbons (Fsp3) is 0.647. The third kappa shape index (κ3) is 4.35. The van der Waals surface area contributed by atoms with Crippen LogP contribution >= 0.6 is 0 Å². The summed E-state index contributed by atoms with van der Waals surface area (Å²) in [5, 5.41) is 9.68. The van der Waals surface area contributed by atoms with E-state index in [1.165, 1.54) is 0 Å². The largest absolute Gasteiger partial charge is 0.493 e. The molecule has 1 heterocycles. The summed E-state index contributed by atoms with van der Waals surface area (Å²) < 4.78 is 11.2. The third-order valence-electron chi connectivity index (χ3n) is 4.50. The van der Waals surface area contributed by atoms with Gasteiger partial charge in [0, 0.05) is 12.5 Å². The fourth-order valence-electron chi connectivity index (χ4n) is 3.01. The quantitative estimate of drug-likeness (QED) is 0.838. The lowest BCUT2D eigenvalue weighted by Gasteiger charge is -2.34. The highest BCUT2D eigenvalue weighted by molar-refractivity contribution is 5.39. The van der Waals surface area contributed by atoms with Crippen LogP contribution in [0.4, 0.5) is 0 Å². The Morgan fingerprint density at radius 3 is 2.48 bits per heavy atom. The molecule has 0 spiro atoms. The summed E-state index contributed by atoms with van der Waals surface area (Å²) in [7, 11) is 1.65. The van der Waals surface area contributed by atoms with Crippen LogP contribution in [-0.2, 0) is 0 Å². The summed E-state index contributed by atoms with van der Waals surface area (Å²) >= 11 is 0. The molecule has 1 saturated heterocycles. The van der Waals surface area contributed by atoms with Crippen molar-refractivity contribution in [3.63, 3.8) is 0 Å². The summed E-state index contributed by atoms with van der Waals surface area (Å²) in [4.78, 5) is 2.46. The average Bonchev–Trinajstić information content (AvgIpc) is 2.56. The summed E-state index contributed by atoms with van der Waals surface area (Å²) in [5.74, 6) is 2.25. The standard InChI is InChI=1S/C17H27NO3/c1-3-18-10-8-14(9-11-18)15(12-19)13-21-17-7-5-4-6-16(17)20-2/h4-7,14-15,19H,3,8-13H2,1-2H3. The molecule has 4 heteroatoms. The molecule has 21 heavy (non-hydrogen) atoms. The SMILES string of the molecule is CCN1CCC(C(CO)COc2ccccc2OC)CC1. The van der Waals surface area contributed by atoms with Crippen LogP contribution in [0, 0.1) is 11.8 Å². The molecule has 1 aliphatic rings. The number of hydrogen-bond donors (Lipinski definition) is 1. The molecule has 1 N–H and O–H groups in total. The van der Waals surface area contributed by atoms with E-state index in [2.05, 4.69) is 11.8 Å². The van der Waals surface area contributed by atoms with E-state index in [9.17, 15) is 5.11 Å². The van der Waals surface area contributed by atoms with Crippen LogP contribution < -0.4 is 9.47 Å². The highest BCUT2D eigenvalue weighted by Crippen LogP contribution is 2.29. The molecule has 0 saturated carbocycles. The lowest BCUT2D eigenvalue weighted by Crippen LogP contribution is -2.38. The molecule has 1 atom stereocenters. The van der Waals surface area contributed by atoms with Gasteiger partial charge >= 0.3 is 0 Å². The molecule has 0 amide bonds. The van der Waals surface area contributed by atoms with Crippen molar-refractivity contribution < 1.29 is 14.6 Å². The number of hydrogen-bond acceptors (Lipinski definition) is 4. The summed E-state index contributed by atoms with van der Waals surface area (Å²) in [5.41, 5.74) is 0. The number of nitrogens with zero attached hydrogens (tertiary/aromatic N) is 1. The van der Waals surface area contributed by atoms with Crippen molar-refractivity contribution in [3.05, 3.63) is 24.3 Å². The number of para-hydroxylation sites is 2. The molecule has 2 rings (SSSR count). The van der Waals surface area contributed by atoms with Crippen LogP contribution in [0.25, 0.3) is 0 Å². The lowest BCUT2D eigenvalue weighted by molar-refractivity contribution is 0.0747. The van der Waals surface area contributed by atoms with Gasteiger partial charge in [0.15, 0.2) is 11.5 Å². The van der Waals surface area contributed by atoms with Gasteiger partial charge in [0.2, 0.25) is 0 Å². The molecule has 0 aromatic heterocycles. The zero-order valence-corrected chi connectivity index (χ0v) is 13.1. The zero-order valence-electron chi connectivity index (χ0n) is 13.1.